The summed E-state index contributed by atoms with van der Waals surface area (Å²) in [4.78, 5) is 0. The zero-order valence-corrected chi connectivity index (χ0v) is 16.9. The fourth-order valence-electron chi connectivity index (χ4n) is 4.37. The van der Waals surface area contributed by atoms with Crippen molar-refractivity contribution < 1.29 is 0 Å². The van der Waals surface area contributed by atoms with E-state index in [1.165, 1.54) is 33.4 Å². The van der Waals surface area contributed by atoms with Gasteiger partial charge in [-0.3, -0.25) is 0 Å². The van der Waals surface area contributed by atoms with Gasteiger partial charge < -0.3 is 5.73 Å². The third-order valence-electron chi connectivity index (χ3n) is 5.75. The van der Waals surface area contributed by atoms with E-state index in [4.69, 9.17) is 5.73 Å². The highest BCUT2D eigenvalue weighted by Gasteiger charge is 2.38. The van der Waals surface area contributed by atoms with Crippen LogP contribution in [0.1, 0.15) is 40.3 Å². The Kier molecular flexibility index (Phi) is 5.59. The molecule has 0 aromatic heterocycles. The van der Waals surface area contributed by atoms with E-state index in [1.807, 2.05) is 0 Å². The topological polar surface area (TPSA) is 26.0 Å². The zero-order chi connectivity index (χ0) is 20.1. The molecule has 0 saturated heterocycles. The van der Waals surface area contributed by atoms with Crippen LogP contribution < -0.4 is 5.73 Å². The molecule has 0 radical (unpaired) electrons. The summed E-state index contributed by atoms with van der Waals surface area (Å²) in [6.45, 7) is 2.74. The minimum absolute atomic E-state index is 0.404. The second kappa shape index (κ2) is 8.46. The molecule has 0 fully saturated rings. The number of nitrogens with two attached hydrogens (primary N) is 1. The van der Waals surface area contributed by atoms with E-state index >= 15 is 0 Å². The summed E-state index contributed by atoms with van der Waals surface area (Å²) in [5, 5.41) is 0. The molecule has 1 nitrogen and oxygen atoms in total. The average molecular weight is 378 g/mol. The van der Waals surface area contributed by atoms with Gasteiger partial charge in [0.2, 0.25) is 0 Å². The molecule has 2 N–H and O–H groups in total. The molecule has 0 heterocycles. The Morgan fingerprint density at radius 3 is 1.34 bits per heavy atom. The van der Waals surface area contributed by atoms with Crippen LogP contribution in [0.5, 0.6) is 0 Å². The Morgan fingerprint density at radius 1 is 0.552 bits per heavy atom. The zero-order valence-electron chi connectivity index (χ0n) is 16.9. The summed E-state index contributed by atoms with van der Waals surface area (Å²) in [5.74, 6) is 0. The van der Waals surface area contributed by atoms with Crippen molar-refractivity contribution in [2.24, 2.45) is 5.73 Å². The predicted molar refractivity (Wildman–Crippen MR) is 122 cm³/mol. The second-order valence-corrected chi connectivity index (χ2v) is 7.44. The maximum Gasteiger partial charge on any atom is 0.0701 e. The minimum Gasteiger partial charge on any atom is -0.326 e. The van der Waals surface area contributed by atoms with E-state index in [0.717, 1.165) is 6.42 Å². The number of hydrogen-bond donors (Lipinski definition) is 1. The minimum atomic E-state index is -0.404. The highest BCUT2D eigenvalue weighted by atomic mass is 14.5. The number of aryl methyl sites for hydroxylation is 1. The summed E-state index contributed by atoms with van der Waals surface area (Å²) in [7, 11) is 0. The summed E-state index contributed by atoms with van der Waals surface area (Å²) in [6, 6.07) is 39.3. The van der Waals surface area contributed by atoms with Crippen LogP contribution in [-0.2, 0) is 18.4 Å². The number of benzene rings is 4. The van der Waals surface area contributed by atoms with Gasteiger partial charge in [-0.25, -0.2) is 0 Å². The molecule has 144 valence electrons. The fourth-order valence-corrected chi connectivity index (χ4v) is 4.37. The van der Waals surface area contributed by atoms with Crippen molar-refractivity contribution in [2.75, 3.05) is 0 Å². The number of hydrogen-bond acceptors (Lipinski definition) is 1. The highest BCUT2D eigenvalue weighted by molar-refractivity contribution is 5.60. The Bertz CT molecular complexity index is 934. The van der Waals surface area contributed by atoms with Gasteiger partial charge in [0.15, 0.2) is 0 Å². The van der Waals surface area contributed by atoms with E-state index in [2.05, 4.69) is 116 Å². The first-order valence-electron chi connectivity index (χ1n) is 10.3. The van der Waals surface area contributed by atoms with Gasteiger partial charge in [-0.2, -0.15) is 0 Å². The molecule has 4 aromatic carbocycles. The molecule has 0 aliphatic heterocycles. The fraction of sp³-hybridized carbons (Fsp3) is 0.143. The molecule has 29 heavy (non-hydrogen) atoms. The van der Waals surface area contributed by atoms with Crippen LogP contribution in [0.2, 0.25) is 0 Å². The Hall–Kier alpha value is -3.16. The van der Waals surface area contributed by atoms with Gasteiger partial charge in [0.05, 0.1) is 5.41 Å². The molecule has 0 bridgehead atoms. The van der Waals surface area contributed by atoms with Crippen molar-refractivity contribution in [3.63, 3.8) is 0 Å². The third kappa shape index (κ3) is 3.50. The Labute approximate surface area is 173 Å². The lowest BCUT2D eigenvalue weighted by molar-refractivity contribution is 0.740. The first kappa shape index (κ1) is 19.2. The summed E-state index contributed by atoms with van der Waals surface area (Å²) in [6.07, 6.45) is 0.981. The molecule has 0 aliphatic carbocycles. The third-order valence-corrected chi connectivity index (χ3v) is 5.75. The van der Waals surface area contributed by atoms with Gasteiger partial charge in [-0.05, 0) is 39.8 Å². The van der Waals surface area contributed by atoms with E-state index < -0.39 is 5.41 Å². The summed E-state index contributed by atoms with van der Waals surface area (Å²) in [5.41, 5.74) is 13.2. The molecular formula is C28H27N. The quantitative estimate of drug-likeness (QED) is 0.404. The molecule has 0 aliphatic rings. The number of rotatable bonds is 6. The van der Waals surface area contributed by atoms with Crippen molar-refractivity contribution in [1.82, 2.24) is 0 Å². The predicted octanol–water partition coefficient (Wildman–Crippen LogP) is 6.09. The van der Waals surface area contributed by atoms with Gasteiger partial charge >= 0.3 is 0 Å². The maximum atomic E-state index is 6.10. The molecule has 4 rings (SSSR count). The monoisotopic (exact) mass is 377 g/mol. The molecule has 0 saturated carbocycles. The van der Waals surface area contributed by atoms with Gasteiger partial charge in [0, 0.05) is 6.54 Å². The largest absolute Gasteiger partial charge is 0.326 e. The van der Waals surface area contributed by atoms with Crippen LogP contribution in [0.15, 0.2) is 109 Å². The van der Waals surface area contributed by atoms with Crippen molar-refractivity contribution in [2.45, 2.75) is 25.3 Å². The molecule has 0 unspecified atom stereocenters. The Balaban J connectivity index is 2.15. The van der Waals surface area contributed by atoms with Gasteiger partial charge in [-0.15, -0.1) is 0 Å². The van der Waals surface area contributed by atoms with E-state index in [9.17, 15) is 0 Å². The average Bonchev–Trinajstić information content (AvgIpc) is 2.81. The van der Waals surface area contributed by atoms with Gasteiger partial charge in [-0.1, -0.05) is 116 Å². The SMILES string of the molecule is CCc1cc(CN)cc(C(c2ccccc2)(c2ccccc2)c2ccccc2)c1. The van der Waals surface area contributed by atoms with Crippen molar-refractivity contribution in [1.29, 1.82) is 0 Å². The summed E-state index contributed by atoms with van der Waals surface area (Å²) >= 11 is 0. The van der Waals surface area contributed by atoms with Crippen LogP contribution in [0.25, 0.3) is 0 Å². The second-order valence-electron chi connectivity index (χ2n) is 7.44. The van der Waals surface area contributed by atoms with Gasteiger partial charge in [0.25, 0.3) is 0 Å². The van der Waals surface area contributed by atoms with Crippen LogP contribution in [0, 0.1) is 0 Å². The molecule has 0 atom stereocenters. The molecular weight excluding hydrogens is 350 g/mol. The van der Waals surface area contributed by atoms with Crippen molar-refractivity contribution >= 4 is 0 Å². The first-order valence-corrected chi connectivity index (χ1v) is 10.3. The lowest BCUT2D eigenvalue weighted by Crippen LogP contribution is -2.31. The van der Waals surface area contributed by atoms with Crippen molar-refractivity contribution in [3.05, 3.63) is 143 Å². The van der Waals surface area contributed by atoms with E-state index in [0.29, 0.717) is 6.54 Å². The normalized spacial score (nSPS) is 11.4. The molecule has 0 spiro atoms. The molecule has 4 aromatic rings. The van der Waals surface area contributed by atoms with Crippen LogP contribution in [-0.4, -0.2) is 0 Å². The molecule has 0 amide bonds. The summed E-state index contributed by atoms with van der Waals surface area (Å²) < 4.78 is 0. The van der Waals surface area contributed by atoms with Crippen LogP contribution >= 0.6 is 0 Å². The van der Waals surface area contributed by atoms with Crippen LogP contribution in [0.3, 0.4) is 0 Å². The smallest absolute Gasteiger partial charge is 0.0701 e. The standard InChI is InChI=1S/C28H27N/c1-2-22-18-23(21-29)20-27(19-22)28(24-12-6-3-7-13-24,25-14-8-4-9-15-25)26-16-10-5-11-17-26/h3-20H,2,21,29H2,1H3. The lowest BCUT2D eigenvalue weighted by Gasteiger charge is -2.37. The maximum absolute atomic E-state index is 6.10. The molecule has 1 heteroatoms. The lowest BCUT2D eigenvalue weighted by atomic mass is 9.64. The Morgan fingerprint density at radius 2 is 0.966 bits per heavy atom. The highest BCUT2D eigenvalue weighted by Crippen LogP contribution is 2.45. The first-order chi connectivity index (χ1) is 14.3. The van der Waals surface area contributed by atoms with E-state index in [-0.39, 0.29) is 0 Å². The van der Waals surface area contributed by atoms with Crippen LogP contribution in [0.4, 0.5) is 0 Å². The van der Waals surface area contributed by atoms with E-state index in [1.54, 1.807) is 0 Å². The van der Waals surface area contributed by atoms with Gasteiger partial charge in [0.1, 0.15) is 0 Å². The van der Waals surface area contributed by atoms with Crippen molar-refractivity contribution in [3.8, 4) is 0 Å².